The van der Waals surface area contributed by atoms with Crippen LogP contribution in [0.4, 0.5) is 0 Å². The predicted molar refractivity (Wildman–Crippen MR) is 86.3 cm³/mol. The molecule has 21 heavy (non-hydrogen) atoms. The van der Waals surface area contributed by atoms with Gasteiger partial charge in [0.15, 0.2) is 0 Å². The molecule has 0 atom stereocenters. The summed E-state index contributed by atoms with van der Waals surface area (Å²) in [4.78, 5) is 2.10. The van der Waals surface area contributed by atoms with Crippen molar-refractivity contribution >= 4 is 0 Å². The van der Waals surface area contributed by atoms with E-state index in [1.807, 2.05) is 49.2 Å². The smallest absolute Gasteiger partial charge is 0.121 e. The average molecular weight is 287 g/mol. The van der Waals surface area contributed by atoms with E-state index in [1.54, 1.807) is 0 Å². The Kier molecular flexibility index (Phi) is 4.68. The van der Waals surface area contributed by atoms with E-state index in [-0.39, 0.29) is 5.41 Å². The van der Waals surface area contributed by atoms with Gasteiger partial charge in [0.05, 0.1) is 11.4 Å². The first-order chi connectivity index (χ1) is 9.86. The Morgan fingerprint density at radius 1 is 1.19 bits per heavy atom. The van der Waals surface area contributed by atoms with Crippen LogP contribution in [0.5, 0.6) is 5.75 Å². The highest BCUT2D eigenvalue weighted by atomic mass is 16.5. The Hall–Kier alpha value is -1.81. The maximum Gasteiger partial charge on any atom is 0.121 e. The minimum Gasteiger partial charge on any atom is -0.492 e. The molecule has 0 unspecified atom stereocenters. The van der Waals surface area contributed by atoms with E-state index >= 15 is 0 Å². The SMILES string of the molecule is CN(C)CCOc1cccc(-n2ccc(C(C)(C)C)n2)c1. The number of benzene rings is 1. The van der Waals surface area contributed by atoms with E-state index in [2.05, 4.69) is 36.8 Å². The summed E-state index contributed by atoms with van der Waals surface area (Å²) in [5.41, 5.74) is 2.17. The van der Waals surface area contributed by atoms with Gasteiger partial charge in [-0.05, 0) is 32.3 Å². The molecular formula is C17H25N3O. The minimum atomic E-state index is 0.0606. The Bertz CT molecular complexity index is 582. The number of nitrogens with zero attached hydrogens (tertiary/aromatic N) is 3. The molecule has 0 amide bonds. The van der Waals surface area contributed by atoms with Gasteiger partial charge in [-0.3, -0.25) is 0 Å². The number of ether oxygens (including phenoxy) is 1. The van der Waals surface area contributed by atoms with E-state index in [0.717, 1.165) is 23.7 Å². The normalized spacial score (nSPS) is 11.9. The molecule has 0 saturated heterocycles. The molecule has 0 radical (unpaired) electrons. The third-order valence-electron chi connectivity index (χ3n) is 3.25. The van der Waals surface area contributed by atoms with Crippen molar-refractivity contribution in [3.8, 4) is 11.4 Å². The molecule has 1 aromatic heterocycles. The van der Waals surface area contributed by atoms with Gasteiger partial charge < -0.3 is 9.64 Å². The zero-order chi connectivity index (χ0) is 15.5. The molecule has 0 N–H and O–H groups in total. The molecule has 0 saturated carbocycles. The fourth-order valence-electron chi connectivity index (χ4n) is 1.93. The van der Waals surface area contributed by atoms with Gasteiger partial charge in [0, 0.05) is 24.2 Å². The highest BCUT2D eigenvalue weighted by Crippen LogP contribution is 2.22. The number of hydrogen-bond acceptors (Lipinski definition) is 3. The Balaban J connectivity index is 2.12. The van der Waals surface area contributed by atoms with Gasteiger partial charge in [0.25, 0.3) is 0 Å². The van der Waals surface area contributed by atoms with E-state index in [0.29, 0.717) is 6.61 Å². The van der Waals surface area contributed by atoms with Crippen LogP contribution in [-0.2, 0) is 5.41 Å². The van der Waals surface area contributed by atoms with Crippen LogP contribution in [0.3, 0.4) is 0 Å². The zero-order valence-corrected chi connectivity index (χ0v) is 13.6. The maximum absolute atomic E-state index is 5.77. The first kappa shape index (κ1) is 15.6. The number of rotatable bonds is 5. The van der Waals surface area contributed by atoms with Crippen LogP contribution >= 0.6 is 0 Å². The fourth-order valence-corrected chi connectivity index (χ4v) is 1.93. The molecule has 2 aromatic rings. The molecule has 4 nitrogen and oxygen atoms in total. The number of hydrogen-bond donors (Lipinski definition) is 0. The van der Waals surface area contributed by atoms with Gasteiger partial charge in [-0.15, -0.1) is 0 Å². The second-order valence-electron chi connectivity index (χ2n) is 6.54. The van der Waals surface area contributed by atoms with Crippen LogP contribution in [0.1, 0.15) is 26.5 Å². The summed E-state index contributed by atoms with van der Waals surface area (Å²) in [6.07, 6.45) is 2.00. The molecule has 114 valence electrons. The molecule has 0 spiro atoms. The lowest BCUT2D eigenvalue weighted by Crippen LogP contribution is -2.19. The Morgan fingerprint density at radius 3 is 2.57 bits per heavy atom. The minimum absolute atomic E-state index is 0.0606. The lowest BCUT2D eigenvalue weighted by Gasteiger charge is -2.14. The third-order valence-corrected chi connectivity index (χ3v) is 3.25. The first-order valence-corrected chi connectivity index (χ1v) is 7.30. The number of aromatic nitrogens is 2. The molecule has 0 fully saturated rings. The van der Waals surface area contributed by atoms with E-state index in [9.17, 15) is 0 Å². The van der Waals surface area contributed by atoms with Crippen LogP contribution in [0.2, 0.25) is 0 Å². The Morgan fingerprint density at radius 2 is 1.95 bits per heavy atom. The molecule has 4 heteroatoms. The van der Waals surface area contributed by atoms with Crippen LogP contribution in [0, 0.1) is 0 Å². The number of likely N-dealkylation sites (N-methyl/N-ethyl adjacent to an activating group) is 1. The zero-order valence-electron chi connectivity index (χ0n) is 13.6. The standard InChI is InChI=1S/C17H25N3O/c1-17(2,3)16-9-10-20(18-16)14-7-6-8-15(13-14)21-12-11-19(4)5/h6-10,13H,11-12H2,1-5H3. The molecule has 0 aliphatic carbocycles. The lowest BCUT2D eigenvalue weighted by atomic mass is 9.93. The second-order valence-corrected chi connectivity index (χ2v) is 6.54. The predicted octanol–water partition coefficient (Wildman–Crippen LogP) is 3.11. The summed E-state index contributed by atoms with van der Waals surface area (Å²) < 4.78 is 7.67. The van der Waals surface area contributed by atoms with Crippen LogP contribution in [0.25, 0.3) is 5.69 Å². The van der Waals surface area contributed by atoms with Crippen molar-refractivity contribution in [1.82, 2.24) is 14.7 Å². The highest BCUT2D eigenvalue weighted by molar-refractivity contribution is 5.39. The van der Waals surface area contributed by atoms with Gasteiger partial charge in [-0.25, -0.2) is 4.68 Å². The summed E-state index contributed by atoms with van der Waals surface area (Å²) in [6, 6.07) is 10.1. The molecule has 0 bridgehead atoms. The molecule has 0 aliphatic heterocycles. The third kappa shape index (κ3) is 4.33. The topological polar surface area (TPSA) is 30.3 Å². The van der Waals surface area contributed by atoms with Crippen molar-refractivity contribution in [1.29, 1.82) is 0 Å². The van der Waals surface area contributed by atoms with Gasteiger partial charge >= 0.3 is 0 Å². The molecule has 0 aliphatic rings. The monoisotopic (exact) mass is 287 g/mol. The summed E-state index contributed by atoms with van der Waals surface area (Å²) >= 11 is 0. The molecule has 2 rings (SSSR count). The summed E-state index contributed by atoms with van der Waals surface area (Å²) in [7, 11) is 4.08. The van der Waals surface area contributed by atoms with E-state index in [4.69, 9.17) is 4.74 Å². The van der Waals surface area contributed by atoms with Crippen LogP contribution in [-0.4, -0.2) is 41.9 Å². The van der Waals surface area contributed by atoms with E-state index in [1.165, 1.54) is 0 Å². The second kappa shape index (κ2) is 6.31. The summed E-state index contributed by atoms with van der Waals surface area (Å²) in [5, 5.41) is 4.65. The van der Waals surface area contributed by atoms with Gasteiger partial charge in [0.2, 0.25) is 0 Å². The molecule has 1 aromatic carbocycles. The van der Waals surface area contributed by atoms with Gasteiger partial charge in [0.1, 0.15) is 12.4 Å². The average Bonchev–Trinajstić information content (AvgIpc) is 2.88. The summed E-state index contributed by atoms with van der Waals surface area (Å²) in [6.45, 7) is 8.09. The van der Waals surface area contributed by atoms with Gasteiger partial charge in [-0.2, -0.15) is 5.10 Å². The van der Waals surface area contributed by atoms with Crippen molar-refractivity contribution in [2.24, 2.45) is 0 Å². The van der Waals surface area contributed by atoms with Crippen molar-refractivity contribution in [2.75, 3.05) is 27.2 Å². The van der Waals surface area contributed by atoms with Crippen molar-refractivity contribution in [3.05, 3.63) is 42.2 Å². The highest BCUT2D eigenvalue weighted by Gasteiger charge is 2.17. The van der Waals surface area contributed by atoms with Crippen molar-refractivity contribution < 1.29 is 4.74 Å². The molecular weight excluding hydrogens is 262 g/mol. The van der Waals surface area contributed by atoms with Crippen LogP contribution in [0.15, 0.2) is 36.5 Å². The maximum atomic E-state index is 5.77. The van der Waals surface area contributed by atoms with Crippen molar-refractivity contribution in [3.63, 3.8) is 0 Å². The van der Waals surface area contributed by atoms with Crippen molar-refractivity contribution in [2.45, 2.75) is 26.2 Å². The largest absolute Gasteiger partial charge is 0.492 e. The quantitative estimate of drug-likeness (QED) is 0.846. The first-order valence-electron chi connectivity index (χ1n) is 7.30. The molecule has 1 heterocycles. The van der Waals surface area contributed by atoms with E-state index < -0.39 is 0 Å². The fraction of sp³-hybridized carbons (Fsp3) is 0.471. The Labute approximate surface area is 127 Å². The van der Waals surface area contributed by atoms with Crippen LogP contribution < -0.4 is 4.74 Å². The van der Waals surface area contributed by atoms with Gasteiger partial charge in [-0.1, -0.05) is 26.8 Å². The lowest BCUT2D eigenvalue weighted by molar-refractivity contribution is 0.261. The summed E-state index contributed by atoms with van der Waals surface area (Å²) in [5.74, 6) is 0.877.